The van der Waals surface area contributed by atoms with Crippen LogP contribution in [0.15, 0.2) is 28.8 Å². The van der Waals surface area contributed by atoms with Crippen LogP contribution in [0.25, 0.3) is 11.5 Å². The van der Waals surface area contributed by atoms with Crippen molar-refractivity contribution in [3.05, 3.63) is 35.7 Å². The molecule has 106 valence electrons. The van der Waals surface area contributed by atoms with E-state index in [9.17, 15) is 0 Å². The third-order valence-electron chi connectivity index (χ3n) is 3.66. The van der Waals surface area contributed by atoms with Gasteiger partial charge in [-0.05, 0) is 30.5 Å². The highest BCUT2D eigenvalue weighted by Crippen LogP contribution is 2.31. The molecule has 0 amide bonds. The normalized spacial score (nSPS) is 15.8. The minimum absolute atomic E-state index is 0.549. The molecule has 1 aromatic carbocycles. The Balaban J connectivity index is 1.62. The van der Waals surface area contributed by atoms with Gasteiger partial charge in [0.15, 0.2) is 5.82 Å². The molecular weight excluding hydrogens is 270 g/mol. The quantitative estimate of drug-likeness (QED) is 0.914. The van der Waals surface area contributed by atoms with Crippen LogP contribution in [0.4, 0.5) is 0 Å². The van der Waals surface area contributed by atoms with E-state index >= 15 is 0 Å². The van der Waals surface area contributed by atoms with Gasteiger partial charge in [-0.15, -0.1) is 0 Å². The Morgan fingerprint density at radius 1 is 1.20 bits per heavy atom. The van der Waals surface area contributed by atoms with Crippen LogP contribution in [-0.4, -0.2) is 15.4 Å². The van der Waals surface area contributed by atoms with E-state index in [0.29, 0.717) is 12.4 Å². The first kappa shape index (κ1) is 13.6. The molecule has 0 spiro atoms. The Bertz CT molecular complexity index is 547. The molecule has 0 radical (unpaired) electrons. The summed E-state index contributed by atoms with van der Waals surface area (Å²) in [5.74, 6) is 2.23. The lowest BCUT2D eigenvalue weighted by Gasteiger charge is -2.04. The number of hydrogen-bond acceptors (Lipinski definition) is 5. The third-order valence-corrected chi connectivity index (χ3v) is 5.02. The van der Waals surface area contributed by atoms with Crippen molar-refractivity contribution in [2.75, 3.05) is 0 Å². The molecule has 3 rings (SSSR count). The first-order chi connectivity index (χ1) is 9.85. The fourth-order valence-corrected chi connectivity index (χ4v) is 3.63. The van der Waals surface area contributed by atoms with Crippen molar-refractivity contribution in [1.82, 2.24) is 10.1 Å². The maximum absolute atomic E-state index is 5.59. The molecule has 1 aromatic heterocycles. The third kappa shape index (κ3) is 3.22. The average molecular weight is 289 g/mol. The maximum Gasteiger partial charge on any atom is 0.257 e. The smallest absolute Gasteiger partial charge is 0.257 e. The Kier molecular flexibility index (Phi) is 4.38. The van der Waals surface area contributed by atoms with Crippen molar-refractivity contribution < 1.29 is 4.52 Å². The Hall–Kier alpha value is -1.33. The van der Waals surface area contributed by atoms with Crippen molar-refractivity contribution >= 4 is 11.8 Å². The molecule has 1 aliphatic carbocycles. The molecule has 1 saturated carbocycles. The van der Waals surface area contributed by atoms with E-state index in [1.54, 1.807) is 0 Å². The second kappa shape index (κ2) is 6.41. The summed E-state index contributed by atoms with van der Waals surface area (Å²) in [6.07, 6.45) is 5.39. The van der Waals surface area contributed by atoms with Gasteiger partial charge in [0.1, 0.15) is 0 Å². The largest absolute Gasteiger partial charge is 0.334 e. The highest BCUT2D eigenvalue weighted by atomic mass is 32.2. The monoisotopic (exact) mass is 289 g/mol. The first-order valence-electron chi connectivity index (χ1n) is 7.09. The molecule has 1 aliphatic rings. The van der Waals surface area contributed by atoms with Gasteiger partial charge in [-0.2, -0.15) is 16.7 Å². The van der Waals surface area contributed by atoms with Crippen LogP contribution >= 0.6 is 11.8 Å². The van der Waals surface area contributed by atoms with Gasteiger partial charge in [0.05, 0.1) is 5.75 Å². The number of hydrogen-bond donors (Lipinski definition) is 1. The lowest BCUT2D eigenvalue weighted by atomic mass is 10.1. The predicted octanol–water partition coefficient (Wildman–Crippen LogP) is 3.37. The molecule has 1 fully saturated rings. The summed E-state index contributed by atoms with van der Waals surface area (Å²) in [5.41, 5.74) is 7.64. The lowest BCUT2D eigenvalue weighted by molar-refractivity contribution is 0.425. The fraction of sp³-hybridized carbons (Fsp3) is 0.467. The van der Waals surface area contributed by atoms with Crippen LogP contribution in [-0.2, 0) is 12.3 Å². The van der Waals surface area contributed by atoms with E-state index < -0.39 is 0 Å². The first-order valence-corrected chi connectivity index (χ1v) is 8.13. The molecule has 4 nitrogen and oxygen atoms in total. The molecule has 0 atom stereocenters. The van der Waals surface area contributed by atoms with Gasteiger partial charge < -0.3 is 10.3 Å². The van der Waals surface area contributed by atoms with E-state index in [4.69, 9.17) is 10.3 Å². The zero-order valence-electron chi connectivity index (χ0n) is 11.4. The molecule has 1 heterocycles. The van der Waals surface area contributed by atoms with Gasteiger partial charge in [-0.25, -0.2) is 0 Å². The maximum atomic E-state index is 5.59. The lowest BCUT2D eigenvalue weighted by Crippen LogP contribution is -1.96. The Morgan fingerprint density at radius 3 is 2.65 bits per heavy atom. The van der Waals surface area contributed by atoms with E-state index in [0.717, 1.165) is 28.0 Å². The summed E-state index contributed by atoms with van der Waals surface area (Å²) >= 11 is 1.95. The van der Waals surface area contributed by atoms with E-state index in [1.165, 1.54) is 25.7 Å². The minimum atomic E-state index is 0.549. The van der Waals surface area contributed by atoms with E-state index in [2.05, 4.69) is 10.1 Å². The van der Waals surface area contributed by atoms with Crippen LogP contribution in [0.1, 0.15) is 37.1 Å². The number of nitrogens with zero attached hydrogens (tertiary/aromatic N) is 2. The standard InChI is InChI=1S/C15H19N3OS/c16-9-11-5-7-12(8-6-11)15-17-14(18-19-15)10-20-13-3-1-2-4-13/h5-8,13H,1-4,9-10,16H2. The zero-order chi connectivity index (χ0) is 13.8. The van der Waals surface area contributed by atoms with Gasteiger partial charge >= 0.3 is 0 Å². The Labute approximate surface area is 123 Å². The van der Waals surface area contributed by atoms with Crippen LogP contribution < -0.4 is 5.73 Å². The van der Waals surface area contributed by atoms with Crippen molar-refractivity contribution in [3.8, 4) is 11.5 Å². The number of thioether (sulfide) groups is 1. The Morgan fingerprint density at radius 2 is 1.95 bits per heavy atom. The highest BCUT2D eigenvalue weighted by Gasteiger charge is 2.17. The highest BCUT2D eigenvalue weighted by molar-refractivity contribution is 7.99. The molecule has 2 N–H and O–H groups in total. The molecule has 0 bridgehead atoms. The van der Waals surface area contributed by atoms with Gasteiger partial charge in [0.25, 0.3) is 5.89 Å². The van der Waals surface area contributed by atoms with Crippen molar-refractivity contribution in [1.29, 1.82) is 0 Å². The number of aromatic nitrogens is 2. The molecular formula is C15H19N3OS. The molecule has 0 unspecified atom stereocenters. The zero-order valence-corrected chi connectivity index (χ0v) is 12.2. The number of rotatable bonds is 5. The summed E-state index contributed by atoms with van der Waals surface area (Å²) in [4.78, 5) is 4.47. The van der Waals surface area contributed by atoms with Crippen LogP contribution in [0.5, 0.6) is 0 Å². The van der Waals surface area contributed by atoms with E-state index in [1.807, 2.05) is 36.0 Å². The van der Waals surface area contributed by atoms with E-state index in [-0.39, 0.29) is 0 Å². The molecule has 0 saturated heterocycles. The van der Waals surface area contributed by atoms with Gasteiger partial charge in [0, 0.05) is 17.4 Å². The number of benzene rings is 1. The second-order valence-corrected chi connectivity index (χ2v) is 6.42. The van der Waals surface area contributed by atoms with Crippen LogP contribution in [0.2, 0.25) is 0 Å². The van der Waals surface area contributed by atoms with Gasteiger partial charge in [-0.1, -0.05) is 30.1 Å². The van der Waals surface area contributed by atoms with Gasteiger partial charge in [-0.3, -0.25) is 0 Å². The topological polar surface area (TPSA) is 64.9 Å². The fourth-order valence-electron chi connectivity index (χ4n) is 2.46. The second-order valence-electron chi connectivity index (χ2n) is 5.13. The summed E-state index contributed by atoms with van der Waals surface area (Å²) < 4.78 is 5.33. The van der Waals surface area contributed by atoms with Crippen molar-refractivity contribution in [2.45, 2.75) is 43.2 Å². The average Bonchev–Trinajstić information content (AvgIpc) is 3.17. The van der Waals surface area contributed by atoms with Crippen molar-refractivity contribution in [3.63, 3.8) is 0 Å². The summed E-state index contributed by atoms with van der Waals surface area (Å²) in [7, 11) is 0. The molecule has 2 aromatic rings. The minimum Gasteiger partial charge on any atom is -0.334 e. The summed E-state index contributed by atoms with van der Waals surface area (Å²) in [5, 5.41) is 4.84. The summed E-state index contributed by atoms with van der Waals surface area (Å²) in [6.45, 7) is 0.549. The molecule has 0 aliphatic heterocycles. The SMILES string of the molecule is NCc1ccc(-c2nc(CSC3CCCC3)no2)cc1. The van der Waals surface area contributed by atoms with Crippen LogP contribution in [0, 0.1) is 0 Å². The predicted molar refractivity (Wildman–Crippen MR) is 81.2 cm³/mol. The van der Waals surface area contributed by atoms with Crippen LogP contribution in [0.3, 0.4) is 0 Å². The molecule has 20 heavy (non-hydrogen) atoms. The van der Waals surface area contributed by atoms with Crippen molar-refractivity contribution in [2.24, 2.45) is 5.73 Å². The van der Waals surface area contributed by atoms with Gasteiger partial charge in [0.2, 0.25) is 0 Å². The number of nitrogens with two attached hydrogens (primary N) is 1. The summed E-state index contributed by atoms with van der Waals surface area (Å²) in [6, 6.07) is 7.94. The molecule has 5 heteroatoms.